The summed E-state index contributed by atoms with van der Waals surface area (Å²) < 4.78 is 1.19. The maximum absolute atomic E-state index is 5.90. The molecule has 0 radical (unpaired) electrons. The van der Waals surface area contributed by atoms with Crippen LogP contribution in [0, 0.1) is 5.41 Å². The molecule has 3 nitrogen and oxygen atoms in total. The van der Waals surface area contributed by atoms with Gasteiger partial charge in [-0.25, -0.2) is 4.98 Å². The number of aromatic nitrogens is 1. The van der Waals surface area contributed by atoms with Gasteiger partial charge in [0.15, 0.2) is 5.13 Å². The van der Waals surface area contributed by atoms with Gasteiger partial charge in [-0.1, -0.05) is 23.8 Å². The van der Waals surface area contributed by atoms with Crippen molar-refractivity contribution in [2.45, 2.75) is 25.7 Å². The van der Waals surface area contributed by atoms with Crippen LogP contribution in [0.5, 0.6) is 0 Å². The molecule has 1 aliphatic rings. The molecule has 0 amide bonds. The fraction of sp³-hybridized carbons (Fsp3) is 0.462. The molecule has 17 heavy (non-hydrogen) atoms. The van der Waals surface area contributed by atoms with E-state index in [1.807, 2.05) is 0 Å². The van der Waals surface area contributed by atoms with Gasteiger partial charge in [-0.2, -0.15) is 0 Å². The van der Waals surface area contributed by atoms with E-state index in [9.17, 15) is 0 Å². The number of nitrogens with zero attached hydrogens (tertiary/aromatic N) is 1. The molecule has 0 aliphatic heterocycles. The van der Waals surface area contributed by atoms with Crippen molar-refractivity contribution in [2.24, 2.45) is 11.1 Å². The first-order valence-corrected chi connectivity index (χ1v) is 6.87. The number of hydrogen-bond donors (Lipinski definition) is 2. The lowest BCUT2D eigenvalue weighted by Gasteiger charge is -2.41. The van der Waals surface area contributed by atoms with Crippen LogP contribution < -0.4 is 11.5 Å². The van der Waals surface area contributed by atoms with Gasteiger partial charge in [0.2, 0.25) is 0 Å². The summed E-state index contributed by atoms with van der Waals surface area (Å²) >= 11 is 1.56. The summed E-state index contributed by atoms with van der Waals surface area (Å²) in [5.41, 5.74) is 14.4. The Morgan fingerprint density at radius 1 is 1.35 bits per heavy atom. The molecule has 90 valence electrons. The third-order valence-corrected chi connectivity index (χ3v) is 4.74. The molecule has 3 rings (SSSR count). The summed E-state index contributed by atoms with van der Waals surface area (Å²) in [7, 11) is 0. The summed E-state index contributed by atoms with van der Waals surface area (Å²) in [6.45, 7) is 0.801. The van der Waals surface area contributed by atoms with Gasteiger partial charge in [-0.15, -0.1) is 0 Å². The summed E-state index contributed by atoms with van der Waals surface area (Å²) in [6.07, 6.45) is 4.96. The number of fused-ring (bicyclic) bond motifs is 1. The van der Waals surface area contributed by atoms with Crippen molar-refractivity contribution in [3.8, 4) is 0 Å². The van der Waals surface area contributed by atoms with Crippen molar-refractivity contribution < 1.29 is 0 Å². The third kappa shape index (κ3) is 1.91. The number of rotatable bonds is 3. The van der Waals surface area contributed by atoms with E-state index in [0.717, 1.165) is 18.5 Å². The van der Waals surface area contributed by atoms with Crippen LogP contribution in [-0.2, 0) is 6.42 Å². The number of thiazole rings is 1. The third-order valence-electron chi connectivity index (χ3n) is 3.90. The second kappa shape index (κ2) is 3.96. The Balaban J connectivity index is 1.90. The second-order valence-corrected chi connectivity index (χ2v) is 6.15. The minimum absolute atomic E-state index is 0.365. The van der Waals surface area contributed by atoms with Gasteiger partial charge in [0, 0.05) is 0 Å². The lowest BCUT2D eigenvalue weighted by atomic mass is 9.65. The molecule has 1 heterocycles. The highest BCUT2D eigenvalue weighted by Gasteiger charge is 2.35. The molecule has 0 saturated heterocycles. The van der Waals surface area contributed by atoms with E-state index in [1.54, 1.807) is 11.3 Å². The number of anilines is 1. The molecule has 2 aromatic rings. The van der Waals surface area contributed by atoms with E-state index in [1.165, 1.54) is 29.5 Å². The molecular formula is C13H17N3S. The molecular weight excluding hydrogens is 230 g/mol. The van der Waals surface area contributed by atoms with Gasteiger partial charge in [-0.3, -0.25) is 0 Å². The molecule has 4 N–H and O–H groups in total. The zero-order chi connectivity index (χ0) is 11.9. The fourth-order valence-corrected chi connectivity index (χ4v) is 3.46. The Kier molecular flexibility index (Phi) is 2.56. The molecule has 1 aromatic carbocycles. The summed E-state index contributed by atoms with van der Waals surface area (Å²) in [5, 5.41) is 0.648. The molecule has 4 heteroatoms. The minimum Gasteiger partial charge on any atom is -0.375 e. The zero-order valence-electron chi connectivity index (χ0n) is 9.78. The first kappa shape index (κ1) is 11.0. The minimum atomic E-state index is 0.365. The highest BCUT2D eigenvalue weighted by molar-refractivity contribution is 7.22. The van der Waals surface area contributed by atoms with Crippen molar-refractivity contribution in [1.82, 2.24) is 4.98 Å². The monoisotopic (exact) mass is 247 g/mol. The Labute approximate surface area is 105 Å². The lowest BCUT2D eigenvalue weighted by Crippen LogP contribution is -2.39. The van der Waals surface area contributed by atoms with E-state index >= 15 is 0 Å². The van der Waals surface area contributed by atoms with Crippen LogP contribution in [0.25, 0.3) is 10.2 Å². The van der Waals surface area contributed by atoms with Crippen molar-refractivity contribution in [3.05, 3.63) is 23.8 Å². The molecule has 0 spiro atoms. The summed E-state index contributed by atoms with van der Waals surface area (Å²) in [5.74, 6) is 0. The van der Waals surface area contributed by atoms with Gasteiger partial charge in [0.25, 0.3) is 0 Å². The normalized spacial score (nSPS) is 18.2. The molecule has 1 aliphatic carbocycles. The van der Waals surface area contributed by atoms with Crippen molar-refractivity contribution in [3.63, 3.8) is 0 Å². The summed E-state index contributed by atoms with van der Waals surface area (Å²) in [4.78, 5) is 4.28. The average Bonchev–Trinajstić information content (AvgIpc) is 2.63. The van der Waals surface area contributed by atoms with Crippen LogP contribution in [-0.4, -0.2) is 11.5 Å². The van der Waals surface area contributed by atoms with E-state index < -0.39 is 0 Å². The van der Waals surface area contributed by atoms with E-state index in [-0.39, 0.29) is 0 Å². The predicted molar refractivity (Wildman–Crippen MR) is 73.1 cm³/mol. The van der Waals surface area contributed by atoms with Crippen LogP contribution in [0.15, 0.2) is 18.2 Å². The lowest BCUT2D eigenvalue weighted by molar-refractivity contribution is 0.145. The highest BCUT2D eigenvalue weighted by atomic mass is 32.1. The zero-order valence-corrected chi connectivity index (χ0v) is 10.6. The molecule has 1 aromatic heterocycles. The van der Waals surface area contributed by atoms with E-state index in [0.29, 0.717) is 10.5 Å². The summed E-state index contributed by atoms with van der Waals surface area (Å²) in [6, 6.07) is 6.46. The van der Waals surface area contributed by atoms with Gasteiger partial charge < -0.3 is 11.5 Å². The van der Waals surface area contributed by atoms with E-state index in [4.69, 9.17) is 11.5 Å². The number of nitrogens with two attached hydrogens (primary N) is 2. The quantitative estimate of drug-likeness (QED) is 0.876. The smallest absolute Gasteiger partial charge is 0.181 e. The maximum Gasteiger partial charge on any atom is 0.181 e. The highest BCUT2D eigenvalue weighted by Crippen LogP contribution is 2.43. The van der Waals surface area contributed by atoms with Crippen LogP contribution >= 0.6 is 11.3 Å². The molecule has 1 saturated carbocycles. The Morgan fingerprint density at radius 3 is 2.82 bits per heavy atom. The number of hydrogen-bond acceptors (Lipinski definition) is 4. The first-order valence-electron chi connectivity index (χ1n) is 6.06. The molecule has 0 bridgehead atoms. The van der Waals surface area contributed by atoms with Gasteiger partial charge in [0.1, 0.15) is 0 Å². The Bertz CT molecular complexity index is 537. The number of benzene rings is 1. The Morgan fingerprint density at radius 2 is 2.18 bits per heavy atom. The first-order chi connectivity index (χ1) is 8.21. The molecule has 0 atom stereocenters. The standard InChI is InChI=1S/C13H17N3S/c14-8-13(4-1-5-13)7-9-2-3-10-11(6-9)17-12(15)16-10/h2-3,6H,1,4-5,7-8,14H2,(H2,15,16). The van der Waals surface area contributed by atoms with Crippen LogP contribution in [0.3, 0.4) is 0 Å². The molecule has 1 fully saturated rings. The van der Waals surface area contributed by atoms with Gasteiger partial charge >= 0.3 is 0 Å². The van der Waals surface area contributed by atoms with Crippen LogP contribution in [0.2, 0.25) is 0 Å². The topological polar surface area (TPSA) is 64.9 Å². The van der Waals surface area contributed by atoms with Gasteiger partial charge in [-0.05, 0) is 48.9 Å². The molecule has 0 unspecified atom stereocenters. The van der Waals surface area contributed by atoms with Crippen LogP contribution in [0.4, 0.5) is 5.13 Å². The predicted octanol–water partition coefficient (Wildman–Crippen LogP) is 2.55. The van der Waals surface area contributed by atoms with Crippen molar-refractivity contribution in [1.29, 1.82) is 0 Å². The SMILES string of the molecule is NCC1(Cc2ccc3nc(N)sc3c2)CCC1. The number of nitrogen functional groups attached to an aromatic ring is 1. The van der Waals surface area contributed by atoms with E-state index in [2.05, 4.69) is 23.2 Å². The second-order valence-electron chi connectivity index (χ2n) is 5.09. The van der Waals surface area contributed by atoms with Crippen LogP contribution in [0.1, 0.15) is 24.8 Å². The fourth-order valence-electron chi connectivity index (χ4n) is 2.66. The largest absolute Gasteiger partial charge is 0.375 e. The Hall–Kier alpha value is -1.13. The van der Waals surface area contributed by atoms with Crippen molar-refractivity contribution >= 4 is 26.7 Å². The van der Waals surface area contributed by atoms with Gasteiger partial charge in [0.05, 0.1) is 10.2 Å². The average molecular weight is 247 g/mol. The van der Waals surface area contributed by atoms with Crippen molar-refractivity contribution in [2.75, 3.05) is 12.3 Å². The maximum atomic E-state index is 5.90.